The summed E-state index contributed by atoms with van der Waals surface area (Å²) >= 11 is 0. The molecule has 3 N–H and O–H groups in total. The van der Waals surface area contributed by atoms with Crippen molar-refractivity contribution in [1.29, 1.82) is 0 Å². The maximum Gasteiger partial charge on any atom is 0.408 e. The van der Waals surface area contributed by atoms with Crippen LogP contribution in [-0.4, -0.2) is 105 Å². The van der Waals surface area contributed by atoms with Gasteiger partial charge in [-0.3, -0.25) is 24.0 Å². The van der Waals surface area contributed by atoms with Gasteiger partial charge in [-0.1, -0.05) is 26.0 Å². The summed E-state index contributed by atoms with van der Waals surface area (Å²) in [4.78, 5) is 61.6. The van der Waals surface area contributed by atoms with Gasteiger partial charge in [0.2, 0.25) is 27.7 Å². The first-order chi connectivity index (χ1) is 27.1. The van der Waals surface area contributed by atoms with Crippen molar-refractivity contribution in [3.05, 3.63) is 42.6 Å². The van der Waals surface area contributed by atoms with Crippen molar-refractivity contribution in [1.82, 2.24) is 24.8 Å². The van der Waals surface area contributed by atoms with Crippen LogP contribution in [0.2, 0.25) is 0 Å². The molecular formula is C40H52F3N5O9S. The Bertz CT molecular complexity index is 2080. The molecule has 8 atom stereocenters. The molecule has 318 valence electrons. The number of alkyl halides is 3. The number of aromatic nitrogens is 1. The highest BCUT2D eigenvalue weighted by Crippen LogP contribution is 2.48. The summed E-state index contributed by atoms with van der Waals surface area (Å²) in [6.07, 6.45) is -1.27. The first-order valence-electron chi connectivity index (χ1n) is 19.7. The zero-order valence-corrected chi connectivity index (χ0v) is 34.2. The number of hydrogen-bond donors (Lipinski definition) is 3. The number of benzene rings is 1. The fraction of sp³-hybridized carbons (Fsp3) is 0.625. The lowest BCUT2D eigenvalue weighted by Gasteiger charge is -2.40. The minimum Gasteiger partial charge on any atom is -0.491 e. The fourth-order valence-corrected chi connectivity index (χ4v) is 9.49. The molecule has 6 rings (SSSR count). The molecule has 0 spiro atoms. The third-order valence-corrected chi connectivity index (χ3v) is 14.1. The van der Waals surface area contributed by atoms with Crippen LogP contribution in [-0.2, 0) is 24.4 Å². The van der Waals surface area contributed by atoms with Crippen LogP contribution in [0.5, 0.6) is 11.6 Å². The quantitative estimate of drug-likeness (QED) is 0.271. The lowest BCUT2D eigenvalue weighted by Crippen LogP contribution is -2.62. The number of rotatable bonds is 9. The summed E-state index contributed by atoms with van der Waals surface area (Å²) in [5, 5.41) is 14.3. The van der Waals surface area contributed by atoms with Crippen molar-refractivity contribution in [2.24, 2.45) is 17.8 Å². The van der Waals surface area contributed by atoms with Crippen LogP contribution in [0.15, 0.2) is 42.6 Å². The molecule has 1 saturated heterocycles. The van der Waals surface area contributed by atoms with Crippen LogP contribution in [0.3, 0.4) is 0 Å². The summed E-state index contributed by atoms with van der Waals surface area (Å²) in [5.41, 5.74) is -1.71. The smallest absolute Gasteiger partial charge is 0.408 e. The predicted octanol–water partition coefficient (Wildman–Crippen LogP) is 5.56. The van der Waals surface area contributed by atoms with E-state index in [0.29, 0.717) is 49.1 Å². The molecule has 0 radical (unpaired) electrons. The Balaban J connectivity index is 1.40. The number of pyridine rings is 1. The number of hydrogen-bond acceptors (Lipinski definition) is 9. The van der Waals surface area contributed by atoms with Crippen LogP contribution < -0.4 is 19.5 Å². The van der Waals surface area contributed by atoms with E-state index < -0.39 is 86.4 Å². The lowest BCUT2D eigenvalue weighted by molar-refractivity contribution is -0.184. The number of halogens is 3. The van der Waals surface area contributed by atoms with Crippen LogP contribution >= 0.6 is 0 Å². The molecule has 2 aromatic rings. The molecule has 58 heavy (non-hydrogen) atoms. The zero-order chi connectivity index (χ0) is 42.5. The molecule has 2 saturated carbocycles. The van der Waals surface area contributed by atoms with E-state index in [9.17, 15) is 45.9 Å². The number of carbonyl (C=O) groups is 4. The van der Waals surface area contributed by atoms with Gasteiger partial charge in [-0.25, -0.2) is 18.2 Å². The maximum atomic E-state index is 14.9. The summed E-state index contributed by atoms with van der Waals surface area (Å²) < 4.78 is 82.6. The van der Waals surface area contributed by atoms with Crippen LogP contribution in [0.25, 0.3) is 10.8 Å². The maximum absolute atomic E-state index is 14.9. The Morgan fingerprint density at radius 1 is 1.12 bits per heavy atom. The largest absolute Gasteiger partial charge is 0.491 e. The highest BCUT2D eigenvalue weighted by Gasteiger charge is 2.63. The van der Waals surface area contributed by atoms with E-state index in [4.69, 9.17) is 9.47 Å². The van der Waals surface area contributed by atoms with Crippen LogP contribution in [0, 0.1) is 17.8 Å². The van der Waals surface area contributed by atoms with Gasteiger partial charge in [0.25, 0.3) is 5.91 Å². The molecule has 1 aromatic carbocycles. The van der Waals surface area contributed by atoms with E-state index in [-0.39, 0.29) is 48.6 Å². The third kappa shape index (κ3) is 8.71. The third-order valence-electron chi connectivity index (χ3n) is 12.0. The van der Waals surface area contributed by atoms with E-state index in [1.54, 1.807) is 30.3 Å². The monoisotopic (exact) mass is 835 g/mol. The molecule has 4 aliphatic rings. The topological polar surface area (TPSA) is 185 Å². The predicted molar refractivity (Wildman–Crippen MR) is 206 cm³/mol. The van der Waals surface area contributed by atoms with Crippen LogP contribution in [0.1, 0.15) is 86.5 Å². The molecule has 1 aromatic heterocycles. The number of allylic oxidation sites excluding steroid dienone is 1. The summed E-state index contributed by atoms with van der Waals surface area (Å²) in [6, 6.07) is 1.11. The van der Waals surface area contributed by atoms with E-state index >= 15 is 0 Å². The number of nitrogens with one attached hydrogen (secondary N) is 2. The Kier molecular flexibility index (Phi) is 11.8. The molecule has 14 nitrogen and oxygen atoms in total. The van der Waals surface area contributed by atoms with Crippen molar-refractivity contribution >= 4 is 44.6 Å². The molecule has 0 unspecified atom stereocenters. The van der Waals surface area contributed by atoms with Gasteiger partial charge < -0.3 is 24.8 Å². The van der Waals surface area contributed by atoms with Gasteiger partial charge in [-0.05, 0) is 108 Å². The zero-order valence-electron chi connectivity index (χ0n) is 33.4. The second-order valence-electron chi connectivity index (χ2n) is 17.0. The first-order valence-corrected chi connectivity index (χ1v) is 21.2. The Labute approximate surface area is 335 Å². The van der Waals surface area contributed by atoms with Gasteiger partial charge in [0, 0.05) is 23.9 Å². The van der Waals surface area contributed by atoms with Crippen molar-refractivity contribution in [3.8, 4) is 11.6 Å². The number of carbonyl (C=O) groups excluding carboxylic acids is 3. The van der Waals surface area contributed by atoms with Crippen molar-refractivity contribution in [2.45, 2.75) is 133 Å². The van der Waals surface area contributed by atoms with Crippen molar-refractivity contribution in [2.75, 3.05) is 6.54 Å². The average Bonchev–Trinajstić information content (AvgIpc) is 4.01. The summed E-state index contributed by atoms with van der Waals surface area (Å²) in [6.45, 7) is 9.00. The van der Waals surface area contributed by atoms with Gasteiger partial charge in [0.05, 0.1) is 17.4 Å². The van der Waals surface area contributed by atoms with Crippen LogP contribution in [0.4, 0.5) is 18.0 Å². The molecule has 0 bridgehead atoms. The van der Waals surface area contributed by atoms with Gasteiger partial charge in [0.1, 0.15) is 35.5 Å². The number of fused-ring (bicyclic) bond motifs is 3. The molecule has 18 heteroatoms. The Hall–Kier alpha value is -4.61. The molecule has 4 amide bonds. The second kappa shape index (κ2) is 15.9. The number of nitrogens with zero attached hydrogens (tertiary/aromatic N) is 3. The molecule has 3 heterocycles. The normalized spacial score (nSPS) is 29.9. The van der Waals surface area contributed by atoms with Gasteiger partial charge in [0.15, 0.2) is 0 Å². The minimum atomic E-state index is -5.03. The highest BCUT2D eigenvalue weighted by molar-refractivity contribution is 7.91. The number of amides is 4. The van der Waals surface area contributed by atoms with Gasteiger partial charge >= 0.3 is 12.3 Å². The lowest BCUT2D eigenvalue weighted by atomic mass is 9.86. The first kappa shape index (κ1) is 43.0. The van der Waals surface area contributed by atoms with E-state index in [2.05, 4.69) is 15.0 Å². The standard InChI is InChI=1S/C40H52F3N5O9S/c1-22(2)56-28-11-12-30-26(18-28)13-16-44-34(30)57-29-19-31-33(49)45-39(36(51)46-58(54,55)38(6)14-15-38)20-27(39)10-8-7-9-23(3)17-24(4)32(35(50)47(31)21-29)48(37(52)53)25(5)40(41,42)43/h8,10-13,16,18,22-25,27,29,31-32H,7,9,14-15,17,19-21H2,1-6H3,(H,45,49)(H,46,51)(H,52,53)/b10-8-/t23-,24+,25+,27+,29+,31-,32-,39+/m0/s1. The van der Waals surface area contributed by atoms with E-state index in [0.717, 1.165) is 4.90 Å². The summed E-state index contributed by atoms with van der Waals surface area (Å²) in [7, 11) is -4.11. The van der Waals surface area contributed by atoms with E-state index in [1.807, 2.05) is 26.8 Å². The van der Waals surface area contributed by atoms with Gasteiger partial charge in [-0.2, -0.15) is 13.2 Å². The van der Waals surface area contributed by atoms with Crippen molar-refractivity contribution < 1.29 is 55.3 Å². The Morgan fingerprint density at radius 2 is 1.83 bits per heavy atom. The SMILES string of the molecule is CC(C)Oc1ccc2c(O[C@@H]3C[C@H]4C(=O)N[C@]5(C(=O)NS(=O)(=O)C6(C)CC6)C[C@H]5/C=C\CC[C@H](C)C[C@@H](C)[C@H](N(C(=O)O)[C@H](C)C(F)(F)F)C(=O)N4C3)nccc2c1. The highest BCUT2D eigenvalue weighted by atomic mass is 32.2. The molecule has 2 aliphatic carbocycles. The number of ether oxygens (including phenoxy) is 2. The minimum absolute atomic E-state index is 0.0570. The molecule has 3 fully saturated rings. The second-order valence-corrected chi connectivity index (χ2v) is 19.2. The molecule has 2 aliphatic heterocycles. The number of carboxylic acid groups (broad SMARTS) is 1. The number of sulfonamides is 1. The van der Waals surface area contributed by atoms with E-state index in [1.165, 1.54) is 20.0 Å². The Morgan fingerprint density at radius 3 is 2.47 bits per heavy atom. The van der Waals surface area contributed by atoms with Crippen molar-refractivity contribution in [3.63, 3.8) is 0 Å². The molecular weight excluding hydrogens is 784 g/mol. The average molecular weight is 836 g/mol. The summed E-state index contributed by atoms with van der Waals surface area (Å²) in [5.74, 6) is -3.80. The fourth-order valence-electron chi connectivity index (χ4n) is 8.18. The van der Waals surface area contributed by atoms with Gasteiger partial charge in [-0.15, -0.1) is 0 Å².